The van der Waals surface area contributed by atoms with E-state index in [1.54, 1.807) is 0 Å². The molecule has 3 aromatic carbocycles. The topological polar surface area (TPSA) is 50.2 Å². The van der Waals surface area contributed by atoms with Gasteiger partial charge in [0.1, 0.15) is 5.82 Å². The number of nitrogens with zero attached hydrogens (tertiary/aromatic N) is 3. The molecule has 0 aliphatic carbocycles. The van der Waals surface area contributed by atoms with E-state index in [9.17, 15) is 4.79 Å². The van der Waals surface area contributed by atoms with Crippen LogP contribution < -0.4 is 5.32 Å². The molecule has 2 heterocycles. The van der Waals surface area contributed by atoms with Crippen LogP contribution in [0.25, 0.3) is 16.7 Å². The first kappa shape index (κ1) is 23.8. The van der Waals surface area contributed by atoms with Gasteiger partial charge in [-0.25, -0.2) is 4.98 Å². The molecular weight excluding hydrogens is 500 g/mol. The molecule has 4 aromatic rings. The van der Waals surface area contributed by atoms with Crippen molar-refractivity contribution < 1.29 is 4.79 Å². The fourth-order valence-corrected chi connectivity index (χ4v) is 5.07. The van der Waals surface area contributed by atoms with Crippen LogP contribution in [0.5, 0.6) is 0 Å². The molecule has 0 bridgehead atoms. The van der Waals surface area contributed by atoms with Gasteiger partial charge >= 0.3 is 0 Å². The van der Waals surface area contributed by atoms with Crippen molar-refractivity contribution in [3.63, 3.8) is 0 Å². The van der Waals surface area contributed by atoms with Gasteiger partial charge in [-0.05, 0) is 85.9 Å². The molecule has 1 N–H and O–H groups in total. The SMILES string of the molecule is CC(C)c1ccc(NC(=O)C2CCN(Cc3nc4ccccc4n3-c3ccc(Br)cc3)CC2)cc1. The van der Waals surface area contributed by atoms with Gasteiger partial charge in [-0.1, -0.05) is 54.0 Å². The highest BCUT2D eigenvalue weighted by atomic mass is 79.9. The van der Waals surface area contributed by atoms with Gasteiger partial charge < -0.3 is 5.32 Å². The second-order valence-electron chi connectivity index (χ2n) is 9.64. The number of hydrogen-bond donors (Lipinski definition) is 1. The summed E-state index contributed by atoms with van der Waals surface area (Å²) >= 11 is 3.54. The molecule has 6 heteroatoms. The number of benzene rings is 3. The van der Waals surface area contributed by atoms with Gasteiger partial charge in [0.05, 0.1) is 17.6 Å². The van der Waals surface area contributed by atoms with Crippen molar-refractivity contribution in [1.29, 1.82) is 0 Å². The van der Waals surface area contributed by atoms with E-state index in [0.717, 1.165) is 65.2 Å². The molecule has 0 unspecified atom stereocenters. The van der Waals surface area contributed by atoms with Crippen LogP contribution in [0.15, 0.2) is 77.3 Å². The molecule has 0 saturated carbocycles. The Morgan fingerprint density at radius 1 is 1.00 bits per heavy atom. The summed E-state index contributed by atoms with van der Waals surface area (Å²) in [4.78, 5) is 20.3. The Morgan fingerprint density at radius 3 is 2.37 bits per heavy atom. The zero-order chi connectivity index (χ0) is 24.4. The van der Waals surface area contributed by atoms with E-state index in [1.165, 1.54) is 5.56 Å². The standard InChI is InChI=1S/C29H31BrN4O/c1-20(2)21-7-11-24(12-8-21)31-29(35)22-15-17-33(18-16-22)19-28-32-26-5-3-4-6-27(26)34(28)25-13-9-23(30)10-14-25/h3-14,20,22H,15-19H2,1-2H3,(H,31,35). The number of para-hydroxylation sites is 2. The largest absolute Gasteiger partial charge is 0.326 e. The van der Waals surface area contributed by atoms with E-state index < -0.39 is 0 Å². The summed E-state index contributed by atoms with van der Waals surface area (Å²) in [7, 11) is 0. The van der Waals surface area contributed by atoms with Crippen LogP contribution in [0, 0.1) is 5.92 Å². The first-order valence-electron chi connectivity index (χ1n) is 12.3. The lowest BCUT2D eigenvalue weighted by Gasteiger charge is -2.31. The Hall–Kier alpha value is -2.96. The van der Waals surface area contributed by atoms with Crippen molar-refractivity contribution in [3.05, 3.63) is 88.7 Å². The number of hydrogen-bond acceptors (Lipinski definition) is 3. The second-order valence-corrected chi connectivity index (χ2v) is 10.6. The summed E-state index contributed by atoms with van der Waals surface area (Å²) in [5.41, 5.74) is 5.39. The highest BCUT2D eigenvalue weighted by molar-refractivity contribution is 9.10. The minimum absolute atomic E-state index is 0.0429. The van der Waals surface area contributed by atoms with E-state index in [2.05, 4.69) is 99.2 Å². The molecule has 5 nitrogen and oxygen atoms in total. The first-order chi connectivity index (χ1) is 17.0. The molecule has 1 amide bonds. The number of imidazole rings is 1. The van der Waals surface area contributed by atoms with Gasteiger partial charge in [0.15, 0.2) is 0 Å². The predicted molar refractivity (Wildman–Crippen MR) is 146 cm³/mol. The Labute approximate surface area is 215 Å². The number of anilines is 1. The smallest absolute Gasteiger partial charge is 0.227 e. The lowest BCUT2D eigenvalue weighted by atomic mass is 9.95. The maximum absolute atomic E-state index is 12.9. The molecule has 0 radical (unpaired) electrons. The van der Waals surface area contributed by atoms with Crippen molar-refractivity contribution in [2.75, 3.05) is 18.4 Å². The average molecular weight is 531 g/mol. The summed E-state index contributed by atoms with van der Waals surface area (Å²) < 4.78 is 3.31. The van der Waals surface area contributed by atoms with Crippen LogP contribution in [-0.2, 0) is 11.3 Å². The number of piperidine rings is 1. The number of amides is 1. The van der Waals surface area contributed by atoms with Gasteiger partial charge in [0.25, 0.3) is 0 Å². The van der Waals surface area contributed by atoms with Crippen LogP contribution in [0.2, 0.25) is 0 Å². The Morgan fingerprint density at radius 2 is 1.69 bits per heavy atom. The molecule has 0 spiro atoms. The fraction of sp³-hybridized carbons (Fsp3) is 0.310. The third-order valence-corrected chi connectivity index (χ3v) is 7.41. The van der Waals surface area contributed by atoms with Crippen molar-refractivity contribution >= 4 is 38.6 Å². The normalized spacial score (nSPS) is 15.1. The van der Waals surface area contributed by atoms with Crippen molar-refractivity contribution in [2.45, 2.75) is 39.2 Å². The maximum atomic E-state index is 12.9. The lowest BCUT2D eigenvalue weighted by molar-refractivity contribution is -0.121. The van der Waals surface area contributed by atoms with E-state index in [1.807, 2.05) is 18.2 Å². The van der Waals surface area contributed by atoms with Gasteiger partial charge in [-0.2, -0.15) is 0 Å². The van der Waals surface area contributed by atoms with Crippen molar-refractivity contribution in [2.24, 2.45) is 5.92 Å². The highest BCUT2D eigenvalue weighted by Gasteiger charge is 2.26. The maximum Gasteiger partial charge on any atom is 0.227 e. The monoisotopic (exact) mass is 530 g/mol. The fourth-order valence-electron chi connectivity index (χ4n) is 4.81. The molecule has 1 aliphatic heterocycles. The van der Waals surface area contributed by atoms with Crippen LogP contribution in [-0.4, -0.2) is 33.4 Å². The Balaban J connectivity index is 1.25. The molecule has 1 aliphatic rings. The third kappa shape index (κ3) is 5.34. The lowest BCUT2D eigenvalue weighted by Crippen LogP contribution is -2.38. The van der Waals surface area contributed by atoms with E-state index >= 15 is 0 Å². The summed E-state index contributed by atoms with van der Waals surface area (Å²) in [5, 5.41) is 3.12. The van der Waals surface area contributed by atoms with Crippen LogP contribution in [0.3, 0.4) is 0 Å². The average Bonchev–Trinajstić information content (AvgIpc) is 3.23. The Kier molecular flexibility index (Phi) is 7.02. The molecule has 1 fully saturated rings. The third-order valence-electron chi connectivity index (χ3n) is 6.88. The summed E-state index contributed by atoms with van der Waals surface area (Å²) in [6, 6.07) is 24.9. The summed E-state index contributed by atoms with van der Waals surface area (Å²) in [6.45, 7) is 6.88. The number of likely N-dealkylation sites (tertiary alicyclic amines) is 1. The number of aromatic nitrogens is 2. The van der Waals surface area contributed by atoms with Crippen LogP contribution in [0.4, 0.5) is 5.69 Å². The summed E-state index contributed by atoms with van der Waals surface area (Å²) in [5.74, 6) is 1.69. The number of rotatable bonds is 6. The van der Waals surface area contributed by atoms with E-state index in [-0.39, 0.29) is 11.8 Å². The molecule has 1 aromatic heterocycles. The molecular formula is C29H31BrN4O. The zero-order valence-electron chi connectivity index (χ0n) is 20.2. The molecule has 5 rings (SSSR count). The van der Waals surface area contributed by atoms with Gasteiger partial charge in [-0.3, -0.25) is 14.3 Å². The quantitative estimate of drug-likeness (QED) is 0.299. The van der Waals surface area contributed by atoms with Gasteiger partial charge in [0, 0.05) is 21.8 Å². The number of fused-ring (bicyclic) bond motifs is 1. The number of nitrogens with one attached hydrogen (secondary N) is 1. The zero-order valence-corrected chi connectivity index (χ0v) is 21.8. The first-order valence-corrected chi connectivity index (χ1v) is 13.1. The molecule has 0 atom stereocenters. The van der Waals surface area contributed by atoms with Crippen LogP contribution in [0.1, 0.15) is 44.0 Å². The molecule has 180 valence electrons. The minimum Gasteiger partial charge on any atom is -0.326 e. The highest BCUT2D eigenvalue weighted by Crippen LogP contribution is 2.26. The number of halogens is 1. The molecule has 1 saturated heterocycles. The number of carbonyl (C=O) groups is 1. The summed E-state index contributed by atoms with van der Waals surface area (Å²) in [6.07, 6.45) is 1.71. The molecule has 35 heavy (non-hydrogen) atoms. The Bertz CT molecular complexity index is 1300. The van der Waals surface area contributed by atoms with E-state index in [0.29, 0.717) is 5.92 Å². The predicted octanol–water partition coefficient (Wildman–Crippen LogP) is 6.76. The van der Waals surface area contributed by atoms with Crippen molar-refractivity contribution in [3.8, 4) is 5.69 Å². The number of carbonyl (C=O) groups excluding carboxylic acids is 1. The van der Waals surface area contributed by atoms with Crippen molar-refractivity contribution in [1.82, 2.24) is 14.5 Å². The minimum atomic E-state index is 0.0429. The van der Waals surface area contributed by atoms with Gasteiger partial charge in [-0.15, -0.1) is 0 Å². The van der Waals surface area contributed by atoms with Crippen LogP contribution >= 0.6 is 15.9 Å². The van der Waals surface area contributed by atoms with E-state index in [4.69, 9.17) is 4.98 Å². The second kappa shape index (κ2) is 10.3. The van der Waals surface area contributed by atoms with Gasteiger partial charge in [0.2, 0.25) is 5.91 Å².